The molecule has 2 aromatic carbocycles. The lowest BCUT2D eigenvalue weighted by molar-refractivity contribution is 0.0979. The third-order valence-corrected chi connectivity index (χ3v) is 4.92. The fourth-order valence-corrected chi connectivity index (χ4v) is 3.40. The summed E-state index contributed by atoms with van der Waals surface area (Å²) in [6.07, 6.45) is 3.16. The van der Waals surface area contributed by atoms with Gasteiger partial charge in [0.1, 0.15) is 0 Å². The standard InChI is InChI=1S/C22H24F2N2O2/c1-3-5-11-25-19-15-16(20(18(24)17(19)23)26-12-6-4-2)22(28)14-10-8-7-9-13(14)21(15)27/h7-10,25-26H,3-6,11-12H2,1-2H3. The Kier molecular flexibility index (Phi) is 6.07. The molecule has 28 heavy (non-hydrogen) atoms. The fourth-order valence-electron chi connectivity index (χ4n) is 3.40. The molecule has 0 bridgehead atoms. The Morgan fingerprint density at radius 1 is 0.750 bits per heavy atom. The third-order valence-electron chi connectivity index (χ3n) is 4.92. The minimum absolute atomic E-state index is 0.0855. The van der Waals surface area contributed by atoms with Crippen molar-refractivity contribution in [1.82, 2.24) is 0 Å². The van der Waals surface area contributed by atoms with Crippen LogP contribution in [-0.4, -0.2) is 24.7 Å². The SMILES string of the molecule is CCCCNc1c(F)c(F)c(NCCCC)c2c1C(=O)c1ccccc1C2=O. The quantitative estimate of drug-likeness (QED) is 0.525. The van der Waals surface area contributed by atoms with Crippen LogP contribution in [0.15, 0.2) is 24.3 Å². The average Bonchev–Trinajstić information content (AvgIpc) is 2.71. The van der Waals surface area contributed by atoms with Gasteiger partial charge in [-0.3, -0.25) is 9.59 Å². The van der Waals surface area contributed by atoms with Gasteiger partial charge in [-0.1, -0.05) is 51.0 Å². The lowest BCUT2D eigenvalue weighted by Gasteiger charge is -2.25. The van der Waals surface area contributed by atoms with E-state index in [1.165, 1.54) is 0 Å². The maximum atomic E-state index is 14.9. The van der Waals surface area contributed by atoms with Gasteiger partial charge in [0, 0.05) is 24.2 Å². The van der Waals surface area contributed by atoms with E-state index in [0.29, 0.717) is 13.1 Å². The van der Waals surface area contributed by atoms with Gasteiger partial charge in [-0.15, -0.1) is 0 Å². The topological polar surface area (TPSA) is 58.2 Å². The van der Waals surface area contributed by atoms with Crippen LogP contribution < -0.4 is 10.6 Å². The van der Waals surface area contributed by atoms with Crippen LogP contribution in [0.3, 0.4) is 0 Å². The molecule has 1 aliphatic rings. The van der Waals surface area contributed by atoms with E-state index in [1.54, 1.807) is 24.3 Å². The van der Waals surface area contributed by atoms with Crippen LogP contribution in [0.2, 0.25) is 0 Å². The van der Waals surface area contributed by atoms with Crippen LogP contribution in [0, 0.1) is 11.6 Å². The van der Waals surface area contributed by atoms with E-state index < -0.39 is 23.2 Å². The molecule has 0 fully saturated rings. The Balaban J connectivity index is 2.22. The first-order chi connectivity index (χ1) is 13.5. The van der Waals surface area contributed by atoms with Crippen LogP contribution in [-0.2, 0) is 0 Å². The number of benzene rings is 2. The van der Waals surface area contributed by atoms with Gasteiger partial charge in [0.15, 0.2) is 23.2 Å². The lowest BCUT2D eigenvalue weighted by atomic mass is 9.82. The highest BCUT2D eigenvalue weighted by molar-refractivity contribution is 6.32. The third kappa shape index (κ3) is 3.39. The molecule has 148 valence electrons. The second-order valence-corrected chi connectivity index (χ2v) is 6.89. The normalized spacial score (nSPS) is 12.6. The number of fused-ring (bicyclic) bond motifs is 2. The van der Waals surface area contributed by atoms with E-state index in [2.05, 4.69) is 10.6 Å². The van der Waals surface area contributed by atoms with Crippen LogP contribution in [0.25, 0.3) is 0 Å². The zero-order chi connectivity index (χ0) is 20.3. The van der Waals surface area contributed by atoms with E-state index in [4.69, 9.17) is 0 Å². The second kappa shape index (κ2) is 8.50. The summed E-state index contributed by atoms with van der Waals surface area (Å²) >= 11 is 0. The highest BCUT2D eigenvalue weighted by atomic mass is 19.2. The number of unbranched alkanes of at least 4 members (excludes halogenated alkanes) is 2. The molecule has 6 heteroatoms. The number of nitrogens with one attached hydrogen (secondary N) is 2. The molecule has 0 heterocycles. The number of carbonyl (C=O) groups is 2. The molecule has 0 aliphatic heterocycles. The molecule has 0 spiro atoms. The molecule has 2 N–H and O–H groups in total. The van der Waals surface area contributed by atoms with E-state index in [-0.39, 0.29) is 33.6 Å². The number of carbonyl (C=O) groups excluding carboxylic acids is 2. The molecule has 3 rings (SSSR count). The van der Waals surface area contributed by atoms with Crippen molar-refractivity contribution in [3.63, 3.8) is 0 Å². The molecule has 4 nitrogen and oxygen atoms in total. The number of halogens is 2. The maximum Gasteiger partial charge on any atom is 0.196 e. The summed E-state index contributed by atoms with van der Waals surface area (Å²) < 4.78 is 29.8. The van der Waals surface area contributed by atoms with Gasteiger partial charge < -0.3 is 10.6 Å². The molecule has 0 saturated carbocycles. The van der Waals surface area contributed by atoms with Crippen LogP contribution in [0.4, 0.5) is 20.2 Å². The molecular formula is C22H24F2N2O2. The largest absolute Gasteiger partial charge is 0.382 e. The number of hydrogen-bond donors (Lipinski definition) is 2. The molecule has 0 unspecified atom stereocenters. The van der Waals surface area contributed by atoms with Crippen molar-refractivity contribution < 1.29 is 18.4 Å². The summed E-state index contributed by atoms with van der Waals surface area (Å²) in [5.41, 5.74) is -0.201. The summed E-state index contributed by atoms with van der Waals surface area (Å²) in [6.45, 7) is 4.70. The molecule has 0 aromatic heterocycles. The number of ketones is 2. The van der Waals surface area contributed by atoms with Crippen molar-refractivity contribution in [3.05, 3.63) is 58.2 Å². The van der Waals surface area contributed by atoms with E-state index in [9.17, 15) is 18.4 Å². The van der Waals surface area contributed by atoms with Crippen molar-refractivity contribution in [2.45, 2.75) is 39.5 Å². The second-order valence-electron chi connectivity index (χ2n) is 6.89. The van der Waals surface area contributed by atoms with Gasteiger partial charge in [-0.2, -0.15) is 0 Å². The van der Waals surface area contributed by atoms with Crippen molar-refractivity contribution >= 4 is 22.9 Å². The first-order valence-electron chi connectivity index (χ1n) is 9.73. The Morgan fingerprint density at radius 2 is 1.14 bits per heavy atom. The van der Waals surface area contributed by atoms with Crippen molar-refractivity contribution in [3.8, 4) is 0 Å². The van der Waals surface area contributed by atoms with Crippen molar-refractivity contribution in [2.75, 3.05) is 23.7 Å². The fraction of sp³-hybridized carbons (Fsp3) is 0.364. The highest BCUT2D eigenvalue weighted by Crippen LogP contribution is 2.40. The van der Waals surface area contributed by atoms with E-state index in [0.717, 1.165) is 25.7 Å². The maximum absolute atomic E-state index is 14.9. The Hall–Kier alpha value is -2.76. The molecular weight excluding hydrogens is 362 g/mol. The summed E-state index contributed by atoms with van der Waals surface area (Å²) in [5, 5.41) is 5.69. The van der Waals surface area contributed by atoms with Gasteiger partial charge in [0.2, 0.25) is 0 Å². The van der Waals surface area contributed by atoms with Gasteiger partial charge in [-0.05, 0) is 12.8 Å². The molecule has 0 radical (unpaired) electrons. The van der Waals surface area contributed by atoms with Gasteiger partial charge in [0.05, 0.1) is 22.5 Å². The van der Waals surface area contributed by atoms with Crippen LogP contribution >= 0.6 is 0 Å². The van der Waals surface area contributed by atoms with Crippen LogP contribution in [0.1, 0.15) is 71.4 Å². The summed E-state index contributed by atoms with van der Waals surface area (Å²) in [5.74, 6) is -3.20. The zero-order valence-corrected chi connectivity index (χ0v) is 16.1. The first-order valence-corrected chi connectivity index (χ1v) is 9.73. The van der Waals surface area contributed by atoms with E-state index >= 15 is 0 Å². The molecule has 0 amide bonds. The van der Waals surface area contributed by atoms with Crippen molar-refractivity contribution in [1.29, 1.82) is 0 Å². The Morgan fingerprint density at radius 3 is 1.50 bits per heavy atom. The molecule has 1 aliphatic carbocycles. The Bertz CT molecular complexity index is 851. The number of anilines is 2. The molecule has 0 saturated heterocycles. The number of rotatable bonds is 8. The Labute approximate surface area is 163 Å². The highest BCUT2D eigenvalue weighted by Gasteiger charge is 2.37. The van der Waals surface area contributed by atoms with Crippen LogP contribution in [0.5, 0.6) is 0 Å². The van der Waals surface area contributed by atoms with Gasteiger partial charge in [0.25, 0.3) is 0 Å². The minimum atomic E-state index is -1.13. The zero-order valence-electron chi connectivity index (χ0n) is 16.1. The lowest BCUT2D eigenvalue weighted by Crippen LogP contribution is -2.26. The van der Waals surface area contributed by atoms with Gasteiger partial charge in [-0.25, -0.2) is 8.78 Å². The smallest absolute Gasteiger partial charge is 0.196 e. The first kappa shape index (κ1) is 20.0. The predicted octanol–water partition coefficient (Wildman–Crippen LogP) is 5.16. The van der Waals surface area contributed by atoms with E-state index in [1.807, 2.05) is 13.8 Å². The monoisotopic (exact) mass is 386 g/mol. The van der Waals surface area contributed by atoms with Gasteiger partial charge >= 0.3 is 0 Å². The average molecular weight is 386 g/mol. The minimum Gasteiger partial charge on any atom is -0.382 e. The number of hydrogen-bond acceptors (Lipinski definition) is 4. The predicted molar refractivity (Wildman–Crippen MR) is 106 cm³/mol. The summed E-state index contributed by atoms with van der Waals surface area (Å²) in [4.78, 5) is 26.3. The summed E-state index contributed by atoms with van der Waals surface area (Å²) in [6, 6.07) is 6.39. The molecule has 0 atom stereocenters. The van der Waals surface area contributed by atoms with Crippen molar-refractivity contribution in [2.24, 2.45) is 0 Å². The summed E-state index contributed by atoms with van der Waals surface area (Å²) in [7, 11) is 0. The molecule has 2 aromatic rings.